The van der Waals surface area contributed by atoms with Gasteiger partial charge < -0.3 is 9.64 Å². The summed E-state index contributed by atoms with van der Waals surface area (Å²) in [6.07, 6.45) is 2.13. The molecule has 0 unspecified atom stereocenters. The highest BCUT2D eigenvalue weighted by Gasteiger charge is 2.19. The summed E-state index contributed by atoms with van der Waals surface area (Å²) in [7, 11) is 2.15. The highest BCUT2D eigenvalue weighted by Crippen LogP contribution is 2.23. The van der Waals surface area contributed by atoms with Crippen molar-refractivity contribution >= 4 is 0 Å². The molecule has 0 fully saturated rings. The zero-order chi connectivity index (χ0) is 12.4. The second-order valence-corrected chi connectivity index (χ2v) is 4.97. The maximum absolute atomic E-state index is 5.81. The molecule has 0 saturated carbocycles. The zero-order valence-corrected chi connectivity index (χ0v) is 11.2. The van der Waals surface area contributed by atoms with Crippen LogP contribution >= 0.6 is 0 Å². The van der Waals surface area contributed by atoms with Crippen molar-refractivity contribution in [3.05, 3.63) is 17.1 Å². The summed E-state index contributed by atoms with van der Waals surface area (Å²) >= 11 is 0. The van der Waals surface area contributed by atoms with E-state index in [0.717, 1.165) is 43.3 Å². The number of aromatic nitrogens is 2. The van der Waals surface area contributed by atoms with Crippen molar-refractivity contribution in [1.29, 1.82) is 0 Å². The lowest BCUT2D eigenvalue weighted by atomic mass is 10.1. The van der Waals surface area contributed by atoms with Crippen LogP contribution in [0.25, 0.3) is 0 Å². The predicted octanol–water partition coefficient (Wildman–Crippen LogP) is 1.60. The first kappa shape index (κ1) is 12.3. The molecule has 2 rings (SSSR count). The van der Waals surface area contributed by atoms with Gasteiger partial charge in [-0.3, -0.25) is 0 Å². The summed E-state index contributed by atoms with van der Waals surface area (Å²) in [6, 6.07) is 0. The topological polar surface area (TPSA) is 38.3 Å². The molecule has 1 aromatic heterocycles. The Morgan fingerprint density at radius 2 is 1.88 bits per heavy atom. The van der Waals surface area contributed by atoms with Crippen molar-refractivity contribution in [2.75, 3.05) is 20.1 Å². The Balaban J connectivity index is 2.36. The van der Waals surface area contributed by atoms with Crippen LogP contribution in [0.1, 0.15) is 30.9 Å². The highest BCUT2D eigenvalue weighted by molar-refractivity contribution is 5.32. The number of nitrogens with zero attached hydrogens (tertiary/aromatic N) is 3. The summed E-state index contributed by atoms with van der Waals surface area (Å²) in [6.45, 7) is 8.11. The zero-order valence-electron chi connectivity index (χ0n) is 11.2. The molecule has 17 heavy (non-hydrogen) atoms. The van der Waals surface area contributed by atoms with E-state index in [1.807, 2.05) is 20.8 Å². The lowest BCUT2D eigenvalue weighted by molar-refractivity contribution is 0.228. The minimum Gasteiger partial charge on any atom is -0.475 e. The summed E-state index contributed by atoms with van der Waals surface area (Å²) in [5.74, 6) is 1.60. The minimum atomic E-state index is 0.161. The average molecular weight is 235 g/mol. The second kappa shape index (κ2) is 5.00. The second-order valence-electron chi connectivity index (χ2n) is 4.97. The molecule has 0 radical (unpaired) electrons. The normalized spacial score (nSPS) is 16.8. The largest absolute Gasteiger partial charge is 0.475 e. The van der Waals surface area contributed by atoms with Gasteiger partial charge in [-0.15, -0.1) is 0 Å². The molecule has 0 aromatic carbocycles. The van der Waals surface area contributed by atoms with Gasteiger partial charge >= 0.3 is 0 Å². The van der Waals surface area contributed by atoms with Crippen LogP contribution in [0.3, 0.4) is 0 Å². The Morgan fingerprint density at radius 3 is 2.59 bits per heavy atom. The molecule has 0 N–H and O–H groups in total. The van der Waals surface area contributed by atoms with Gasteiger partial charge in [0.05, 0.1) is 11.8 Å². The van der Waals surface area contributed by atoms with Crippen LogP contribution in [-0.2, 0) is 12.8 Å². The fourth-order valence-electron chi connectivity index (χ4n) is 2.12. The van der Waals surface area contributed by atoms with E-state index in [-0.39, 0.29) is 6.10 Å². The number of likely N-dealkylation sites (N-methyl/N-ethyl adjacent to an activating group) is 1. The molecule has 2 heterocycles. The Bertz CT molecular complexity index is 404. The number of rotatable bonds is 2. The molecular weight excluding hydrogens is 214 g/mol. The quantitative estimate of drug-likeness (QED) is 0.780. The van der Waals surface area contributed by atoms with Gasteiger partial charge in [0.15, 0.2) is 0 Å². The van der Waals surface area contributed by atoms with Crippen LogP contribution in [0.15, 0.2) is 0 Å². The van der Waals surface area contributed by atoms with Crippen molar-refractivity contribution in [2.24, 2.45) is 0 Å². The van der Waals surface area contributed by atoms with Gasteiger partial charge in [-0.1, -0.05) is 0 Å². The predicted molar refractivity (Wildman–Crippen MR) is 67.4 cm³/mol. The highest BCUT2D eigenvalue weighted by atomic mass is 16.5. The molecule has 0 spiro atoms. The lowest BCUT2D eigenvalue weighted by Crippen LogP contribution is -2.20. The van der Waals surface area contributed by atoms with Crippen LogP contribution in [0.5, 0.6) is 5.88 Å². The smallest absolute Gasteiger partial charge is 0.220 e. The van der Waals surface area contributed by atoms with E-state index in [1.165, 1.54) is 5.56 Å². The molecular formula is C13H21N3O. The van der Waals surface area contributed by atoms with E-state index in [9.17, 15) is 0 Å². The maximum atomic E-state index is 5.81. The van der Waals surface area contributed by atoms with E-state index in [0.29, 0.717) is 0 Å². The maximum Gasteiger partial charge on any atom is 0.220 e. The molecule has 0 amide bonds. The molecule has 0 atom stereocenters. The third-order valence-electron chi connectivity index (χ3n) is 2.99. The number of aryl methyl sites for hydroxylation is 1. The Kier molecular flexibility index (Phi) is 3.62. The molecule has 4 heteroatoms. The molecule has 0 aliphatic carbocycles. The summed E-state index contributed by atoms with van der Waals surface area (Å²) in [5, 5.41) is 0. The molecule has 0 saturated heterocycles. The van der Waals surface area contributed by atoms with Crippen molar-refractivity contribution in [3.63, 3.8) is 0 Å². The number of fused-ring (bicyclic) bond motifs is 1. The Morgan fingerprint density at radius 1 is 1.18 bits per heavy atom. The van der Waals surface area contributed by atoms with Gasteiger partial charge in [0.25, 0.3) is 0 Å². The fraction of sp³-hybridized carbons (Fsp3) is 0.692. The lowest BCUT2D eigenvalue weighted by Gasteiger charge is -2.15. The van der Waals surface area contributed by atoms with Crippen LogP contribution in [0, 0.1) is 6.92 Å². The molecule has 1 aromatic rings. The standard InChI is InChI=1S/C13H21N3O/c1-9(2)17-13-11-5-7-16(4)8-6-12(11)14-10(3)15-13/h9H,5-8H2,1-4H3. The number of hydrogen-bond acceptors (Lipinski definition) is 4. The Labute approximate surface area is 103 Å². The SMILES string of the molecule is Cc1nc2c(c(OC(C)C)n1)CCN(C)CC2. The summed E-state index contributed by atoms with van der Waals surface area (Å²) in [4.78, 5) is 11.3. The van der Waals surface area contributed by atoms with Gasteiger partial charge in [-0.2, -0.15) is 4.98 Å². The summed E-state index contributed by atoms with van der Waals surface area (Å²) in [5.41, 5.74) is 2.37. The van der Waals surface area contributed by atoms with Crippen molar-refractivity contribution < 1.29 is 4.74 Å². The molecule has 1 aliphatic rings. The van der Waals surface area contributed by atoms with Crippen molar-refractivity contribution in [3.8, 4) is 5.88 Å². The van der Waals surface area contributed by atoms with Crippen molar-refractivity contribution in [2.45, 2.75) is 39.7 Å². The first-order valence-corrected chi connectivity index (χ1v) is 6.28. The molecule has 1 aliphatic heterocycles. The van der Waals surface area contributed by atoms with Crippen LogP contribution in [-0.4, -0.2) is 41.1 Å². The van der Waals surface area contributed by atoms with E-state index in [2.05, 4.69) is 21.9 Å². The third-order valence-corrected chi connectivity index (χ3v) is 2.99. The fourth-order valence-corrected chi connectivity index (χ4v) is 2.12. The molecule has 0 bridgehead atoms. The van der Waals surface area contributed by atoms with Gasteiger partial charge in [0.2, 0.25) is 5.88 Å². The Hall–Kier alpha value is -1.16. The van der Waals surface area contributed by atoms with Gasteiger partial charge in [0, 0.05) is 25.1 Å². The number of hydrogen-bond donors (Lipinski definition) is 0. The van der Waals surface area contributed by atoms with Gasteiger partial charge in [-0.25, -0.2) is 4.98 Å². The van der Waals surface area contributed by atoms with E-state index < -0.39 is 0 Å². The van der Waals surface area contributed by atoms with E-state index in [1.54, 1.807) is 0 Å². The molecule has 94 valence electrons. The van der Waals surface area contributed by atoms with Crippen LogP contribution < -0.4 is 4.74 Å². The number of ether oxygens (including phenoxy) is 1. The van der Waals surface area contributed by atoms with Crippen molar-refractivity contribution in [1.82, 2.24) is 14.9 Å². The van der Waals surface area contributed by atoms with Gasteiger partial charge in [-0.05, 0) is 34.2 Å². The minimum absolute atomic E-state index is 0.161. The molecule has 4 nitrogen and oxygen atoms in total. The van der Waals surface area contributed by atoms with Gasteiger partial charge in [0.1, 0.15) is 5.82 Å². The first-order chi connectivity index (χ1) is 8.06. The van der Waals surface area contributed by atoms with Crippen LogP contribution in [0.4, 0.5) is 0 Å². The summed E-state index contributed by atoms with van der Waals surface area (Å²) < 4.78 is 5.81. The first-order valence-electron chi connectivity index (χ1n) is 6.28. The monoisotopic (exact) mass is 235 g/mol. The third kappa shape index (κ3) is 2.94. The van der Waals surface area contributed by atoms with Crippen LogP contribution in [0.2, 0.25) is 0 Å². The van der Waals surface area contributed by atoms with E-state index >= 15 is 0 Å². The average Bonchev–Trinajstić information content (AvgIpc) is 2.40. The van der Waals surface area contributed by atoms with E-state index in [4.69, 9.17) is 4.74 Å².